The van der Waals surface area contributed by atoms with Crippen LogP contribution in [0.1, 0.15) is 0 Å². The van der Waals surface area contributed by atoms with E-state index in [0.717, 1.165) is 33.1 Å². The summed E-state index contributed by atoms with van der Waals surface area (Å²) in [5, 5.41) is 8.62. The average Bonchev–Trinajstić information content (AvgIpc) is 3.77. The van der Waals surface area contributed by atoms with Crippen LogP contribution >= 0.6 is 22.7 Å². The van der Waals surface area contributed by atoms with Crippen molar-refractivity contribution >= 4 is 91.7 Å². The van der Waals surface area contributed by atoms with Crippen molar-refractivity contribution < 1.29 is 0 Å². The van der Waals surface area contributed by atoms with Crippen molar-refractivity contribution in [3.8, 4) is 21.7 Å². The number of nitrogens with zero attached hydrogens (tertiary/aromatic N) is 2. The van der Waals surface area contributed by atoms with Gasteiger partial charge in [-0.25, -0.2) is 4.98 Å². The molecular formula is C45H28N2S2. The molecule has 230 valence electrons. The van der Waals surface area contributed by atoms with E-state index in [4.69, 9.17) is 4.98 Å². The van der Waals surface area contributed by atoms with Crippen molar-refractivity contribution in [2.45, 2.75) is 0 Å². The zero-order chi connectivity index (χ0) is 32.3. The Morgan fingerprint density at radius 2 is 1.04 bits per heavy atom. The first-order chi connectivity index (χ1) is 24.3. The molecule has 0 aliphatic heterocycles. The van der Waals surface area contributed by atoms with Crippen LogP contribution in [-0.2, 0) is 0 Å². The lowest BCUT2D eigenvalue weighted by Gasteiger charge is -2.27. The lowest BCUT2D eigenvalue weighted by atomic mass is 10.0. The minimum atomic E-state index is 1.05. The van der Waals surface area contributed by atoms with Crippen molar-refractivity contribution in [1.29, 1.82) is 0 Å². The molecule has 0 saturated heterocycles. The van der Waals surface area contributed by atoms with Gasteiger partial charge in [0.05, 0.1) is 10.2 Å². The smallest absolute Gasteiger partial charge is 0.124 e. The highest BCUT2D eigenvalue weighted by Crippen LogP contribution is 2.46. The van der Waals surface area contributed by atoms with Crippen LogP contribution in [0.5, 0.6) is 0 Å². The van der Waals surface area contributed by atoms with E-state index in [0.29, 0.717) is 0 Å². The summed E-state index contributed by atoms with van der Waals surface area (Å²) in [5.41, 5.74) is 7.98. The molecule has 0 atom stereocenters. The molecule has 0 amide bonds. The third-order valence-electron chi connectivity index (χ3n) is 9.45. The second-order valence-electron chi connectivity index (χ2n) is 12.4. The Bertz CT molecular complexity index is 2830. The fraction of sp³-hybridized carbons (Fsp3) is 0. The van der Waals surface area contributed by atoms with Crippen LogP contribution in [0.3, 0.4) is 0 Å². The van der Waals surface area contributed by atoms with E-state index in [1.54, 1.807) is 11.3 Å². The van der Waals surface area contributed by atoms with Gasteiger partial charge in [-0.05, 0) is 87.3 Å². The molecule has 10 aromatic rings. The van der Waals surface area contributed by atoms with Gasteiger partial charge >= 0.3 is 0 Å². The maximum absolute atomic E-state index is 5.08. The Morgan fingerprint density at radius 3 is 1.88 bits per heavy atom. The van der Waals surface area contributed by atoms with E-state index in [2.05, 4.69) is 175 Å². The number of aromatic nitrogens is 1. The predicted molar refractivity (Wildman–Crippen MR) is 213 cm³/mol. The Kier molecular flexibility index (Phi) is 6.57. The summed E-state index contributed by atoms with van der Waals surface area (Å²) in [5.74, 6) is 0. The molecule has 0 saturated carbocycles. The van der Waals surface area contributed by atoms with Crippen LogP contribution in [0.4, 0.5) is 17.1 Å². The van der Waals surface area contributed by atoms with Crippen LogP contribution in [-0.4, -0.2) is 4.98 Å². The van der Waals surface area contributed by atoms with Crippen molar-refractivity contribution in [1.82, 2.24) is 4.98 Å². The third-order valence-corrected chi connectivity index (χ3v) is 11.7. The Labute approximate surface area is 291 Å². The van der Waals surface area contributed by atoms with Crippen molar-refractivity contribution in [3.05, 3.63) is 170 Å². The third kappa shape index (κ3) is 4.80. The molecule has 4 heteroatoms. The lowest BCUT2D eigenvalue weighted by molar-refractivity contribution is 1.30. The van der Waals surface area contributed by atoms with E-state index in [1.165, 1.54) is 57.5 Å². The molecule has 0 N–H and O–H groups in total. The highest BCUT2D eigenvalue weighted by atomic mass is 32.1. The molecule has 8 aromatic carbocycles. The molecule has 2 nitrogen and oxygen atoms in total. The molecule has 0 fully saturated rings. The first kappa shape index (κ1) is 28.2. The van der Waals surface area contributed by atoms with Gasteiger partial charge in [0.25, 0.3) is 0 Å². The number of thiazole rings is 1. The standard InChI is InChI=1S/C45H28N2S2/c1-3-10-29(11-4-1)33-15-9-16-34(26-33)47(35-21-20-31-19-18-30-12-7-8-17-37(30)38(31)27-35)36-22-24-41-39(28-36)43-42(48-41)25-23-40-44(43)49-45(46-40)32-13-5-2-6-14-32/h1-28H. The average molecular weight is 661 g/mol. The number of anilines is 3. The van der Waals surface area contributed by atoms with Crippen molar-refractivity contribution in [2.75, 3.05) is 4.90 Å². The summed E-state index contributed by atoms with van der Waals surface area (Å²) in [6, 6.07) is 61.4. The van der Waals surface area contributed by atoms with Gasteiger partial charge in [-0.2, -0.15) is 0 Å². The Morgan fingerprint density at radius 1 is 0.408 bits per heavy atom. The van der Waals surface area contributed by atoms with Gasteiger partial charge in [-0.1, -0.05) is 115 Å². The molecular weight excluding hydrogens is 633 g/mol. The van der Waals surface area contributed by atoms with Gasteiger partial charge in [-0.3, -0.25) is 0 Å². The van der Waals surface area contributed by atoms with Crippen molar-refractivity contribution in [3.63, 3.8) is 0 Å². The van der Waals surface area contributed by atoms with Gasteiger partial charge in [0.2, 0.25) is 0 Å². The number of thiophene rings is 1. The zero-order valence-corrected chi connectivity index (χ0v) is 28.0. The predicted octanol–water partition coefficient (Wildman–Crippen LogP) is 13.8. The molecule has 0 spiro atoms. The maximum Gasteiger partial charge on any atom is 0.124 e. The summed E-state index contributed by atoms with van der Waals surface area (Å²) in [7, 11) is 0. The van der Waals surface area contributed by atoms with Gasteiger partial charge in [0.15, 0.2) is 0 Å². The fourth-order valence-corrected chi connectivity index (χ4v) is 9.40. The van der Waals surface area contributed by atoms with Crippen LogP contribution in [0, 0.1) is 0 Å². The second kappa shape index (κ2) is 11.4. The molecule has 0 aliphatic rings. The Hall–Kier alpha value is -5.81. The first-order valence-corrected chi connectivity index (χ1v) is 18.1. The van der Waals surface area contributed by atoms with E-state index < -0.39 is 0 Å². The molecule has 49 heavy (non-hydrogen) atoms. The lowest BCUT2D eigenvalue weighted by Crippen LogP contribution is -2.10. The van der Waals surface area contributed by atoms with Crippen LogP contribution < -0.4 is 4.90 Å². The van der Waals surface area contributed by atoms with Gasteiger partial charge < -0.3 is 4.90 Å². The fourth-order valence-electron chi connectivity index (χ4n) is 7.11. The number of benzene rings is 8. The number of fused-ring (bicyclic) bond motifs is 8. The molecule has 0 aliphatic carbocycles. The Balaban J connectivity index is 1.21. The first-order valence-electron chi connectivity index (χ1n) is 16.5. The monoisotopic (exact) mass is 660 g/mol. The SMILES string of the molecule is c1ccc(-c2cccc(N(c3ccc4ccc5ccccc5c4c3)c3ccc4sc5ccc6nc(-c7ccccc7)sc6c5c4c3)c2)cc1. The van der Waals surface area contributed by atoms with Crippen LogP contribution in [0.25, 0.3) is 73.6 Å². The highest BCUT2D eigenvalue weighted by Gasteiger charge is 2.19. The number of hydrogen-bond donors (Lipinski definition) is 0. The molecule has 2 aromatic heterocycles. The topological polar surface area (TPSA) is 16.1 Å². The molecule has 0 bridgehead atoms. The minimum Gasteiger partial charge on any atom is -0.310 e. The van der Waals surface area contributed by atoms with Gasteiger partial charge in [0.1, 0.15) is 5.01 Å². The molecule has 0 unspecified atom stereocenters. The van der Waals surface area contributed by atoms with E-state index in [1.807, 2.05) is 11.3 Å². The van der Waals surface area contributed by atoms with Crippen LogP contribution in [0.15, 0.2) is 170 Å². The highest BCUT2D eigenvalue weighted by molar-refractivity contribution is 7.28. The van der Waals surface area contributed by atoms with E-state index in [9.17, 15) is 0 Å². The minimum absolute atomic E-state index is 1.05. The zero-order valence-electron chi connectivity index (χ0n) is 26.4. The normalized spacial score (nSPS) is 11.7. The second-order valence-corrected chi connectivity index (χ2v) is 14.5. The quantitative estimate of drug-likeness (QED) is 0.171. The molecule has 0 radical (unpaired) electrons. The number of rotatable bonds is 5. The van der Waals surface area contributed by atoms with E-state index in [-0.39, 0.29) is 0 Å². The van der Waals surface area contributed by atoms with Crippen LogP contribution in [0.2, 0.25) is 0 Å². The summed E-state index contributed by atoms with van der Waals surface area (Å²) in [4.78, 5) is 7.49. The molecule has 2 heterocycles. The largest absolute Gasteiger partial charge is 0.310 e. The van der Waals surface area contributed by atoms with Gasteiger partial charge in [0, 0.05) is 42.8 Å². The summed E-state index contributed by atoms with van der Waals surface area (Å²) >= 11 is 3.65. The molecule has 10 rings (SSSR count). The summed E-state index contributed by atoms with van der Waals surface area (Å²) in [6.07, 6.45) is 0. The summed E-state index contributed by atoms with van der Waals surface area (Å²) in [6.45, 7) is 0. The summed E-state index contributed by atoms with van der Waals surface area (Å²) < 4.78 is 3.82. The number of hydrogen-bond acceptors (Lipinski definition) is 4. The van der Waals surface area contributed by atoms with Crippen molar-refractivity contribution in [2.24, 2.45) is 0 Å². The van der Waals surface area contributed by atoms with Gasteiger partial charge in [-0.15, -0.1) is 22.7 Å². The van der Waals surface area contributed by atoms with E-state index >= 15 is 0 Å². The maximum atomic E-state index is 5.08.